The Bertz CT molecular complexity index is 3420. The van der Waals surface area contributed by atoms with E-state index in [-0.39, 0.29) is 0 Å². The molecule has 0 spiro atoms. The topological polar surface area (TPSA) is 48.8 Å². The van der Waals surface area contributed by atoms with E-state index < -0.39 is 0 Å². The number of hydrogen-bond donors (Lipinski definition) is 0. The molecule has 53 heavy (non-hydrogen) atoms. The zero-order valence-corrected chi connectivity index (χ0v) is 28.4. The number of nitrogens with zero attached hydrogens (tertiary/aromatic N) is 4. The van der Waals surface area contributed by atoms with Gasteiger partial charge in [0.25, 0.3) is 0 Å². The minimum atomic E-state index is 0.783. The van der Waals surface area contributed by atoms with Crippen molar-refractivity contribution in [2.75, 3.05) is 0 Å². The zero-order chi connectivity index (χ0) is 34.6. The van der Waals surface area contributed by atoms with Gasteiger partial charge in [-0.05, 0) is 77.5 Å². The number of para-hydroxylation sites is 5. The molecule has 0 aliphatic carbocycles. The van der Waals surface area contributed by atoms with Crippen molar-refractivity contribution in [1.29, 1.82) is 0 Å². The van der Waals surface area contributed by atoms with Crippen molar-refractivity contribution >= 4 is 87.4 Å². The van der Waals surface area contributed by atoms with E-state index in [2.05, 4.69) is 149 Å². The van der Waals surface area contributed by atoms with Gasteiger partial charge in [0.05, 0.1) is 33.1 Å². The van der Waals surface area contributed by atoms with Crippen LogP contribution in [0.25, 0.3) is 110 Å². The van der Waals surface area contributed by atoms with Crippen molar-refractivity contribution in [1.82, 2.24) is 19.1 Å². The monoisotopic (exact) mass is 676 g/mol. The Hall–Kier alpha value is -7.24. The summed E-state index contributed by atoms with van der Waals surface area (Å²) in [6.07, 6.45) is 0. The number of hydrogen-bond acceptors (Lipinski definition) is 3. The van der Waals surface area contributed by atoms with Crippen LogP contribution in [0.5, 0.6) is 0 Å². The first kappa shape index (κ1) is 28.5. The molecule has 0 saturated heterocycles. The second-order valence-electron chi connectivity index (χ2n) is 13.8. The Morgan fingerprint density at radius 2 is 1.06 bits per heavy atom. The lowest BCUT2D eigenvalue weighted by atomic mass is 10.0. The normalized spacial score (nSPS) is 12.2. The molecule has 0 aliphatic heterocycles. The van der Waals surface area contributed by atoms with Gasteiger partial charge in [-0.2, -0.15) is 0 Å². The average Bonchev–Trinajstić information content (AvgIpc) is 3.87. The molecule has 12 rings (SSSR count). The van der Waals surface area contributed by atoms with Gasteiger partial charge in [-0.15, -0.1) is 0 Å². The van der Waals surface area contributed by atoms with Gasteiger partial charge in [-0.3, -0.25) is 4.57 Å². The molecule has 0 fully saturated rings. The Labute approximate surface area is 302 Å². The van der Waals surface area contributed by atoms with Crippen molar-refractivity contribution in [2.24, 2.45) is 0 Å². The molecule has 5 heteroatoms. The van der Waals surface area contributed by atoms with Crippen LogP contribution in [-0.2, 0) is 0 Å². The standard InChI is InChI=1S/C48H28N4O/c1-2-12-32-29(11-1)21-25-42-46(32)36-24-23-31(51-40-18-8-3-13-33(40)34-14-4-9-19-41(34)51)28-43(36)52(42)48-47(49-38-16-6-7-17-39(38)50-48)30-22-26-45-37(27-30)35-15-5-10-20-44(35)53-45/h1-28H. The van der Waals surface area contributed by atoms with Crippen LogP contribution in [0.4, 0.5) is 0 Å². The van der Waals surface area contributed by atoms with Gasteiger partial charge >= 0.3 is 0 Å². The van der Waals surface area contributed by atoms with Gasteiger partial charge in [0.2, 0.25) is 0 Å². The number of aromatic nitrogens is 4. The lowest BCUT2D eigenvalue weighted by Gasteiger charge is -2.15. The summed E-state index contributed by atoms with van der Waals surface area (Å²) in [4.78, 5) is 10.9. The number of benzene rings is 8. The molecular formula is C48H28N4O. The highest BCUT2D eigenvalue weighted by Gasteiger charge is 2.22. The molecule has 0 radical (unpaired) electrons. The Morgan fingerprint density at radius 3 is 1.87 bits per heavy atom. The van der Waals surface area contributed by atoms with Crippen LogP contribution >= 0.6 is 0 Å². The van der Waals surface area contributed by atoms with Gasteiger partial charge in [0.1, 0.15) is 16.9 Å². The summed E-state index contributed by atoms with van der Waals surface area (Å²) < 4.78 is 11.0. The maximum atomic E-state index is 6.24. The minimum absolute atomic E-state index is 0.783. The highest BCUT2D eigenvalue weighted by Crippen LogP contribution is 2.42. The molecule has 0 atom stereocenters. The molecule has 4 heterocycles. The molecule has 4 aromatic heterocycles. The maximum Gasteiger partial charge on any atom is 0.165 e. The van der Waals surface area contributed by atoms with Crippen molar-refractivity contribution < 1.29 is 4.42 Å². The van der Waals surface area contributed by atoms with Crippen molar-refractivity contribution in [2.45, 2.75) is 0 Å². The fourth-order valence-electron chi connectivity index (χ4n) is 8.56. The molecule has 0 amide bonds. The highest BCUT2D eigenvalue weighted by molar-refractivity contribution is 6.22. The molecule has 0 N–H and O–H groups in total. The first-order valence-electron chi connectivity index (χ1n) is 17.9. The first-order chi connectivity index (χ1) is 26.3. The summed E-state index contributed by atoms with van der Waals surface area (Å²) in [6, 6.07) is 60.1. The van der Waals surface area contributed by atoms with E-state index in [1.807, 2.05) is 30.3 Å². The summed E-state index contributed by atoms with van der Waals surface area (Å²) in [5.74, 6) is 0.783. The van der Waals surface area contributed by atoms with Crippen LogP contribution in [0.1, 0.15) is 0 Å². The Morgan fingerprint density at radius 1 is 0.396 bits per heavy atom. The third-order valence-electron chi connectivity index (χ3n) is 10.9. The van der Waals surface area contributed by atoms with Gasteiger partial charge in [0, 0.05) is 43.6 Å². The lowest BCUT2D eigenvalue weighted by molar-refractivity contribution is 0.669. The second-order valence-corrected chi connectivity index (χ2v) is 13.8. The molecule has 0 bridgehead atoms. The van der Waals surface area contributed by atoms with E-state index in [4.69, 9.17) is 14.4 Å². The third kappa shape index (κ3) is 4.02. The lowest BCUT2D eigenvalue weighted by Crippen LogP contribution is -2.04. The molecular weight excluding hydrogens is 649 g/mol. The molecule has 0 unspecified atom stereocenters. The molecule has 0 saturated carbocycles. The van der Waals surface area contributed by atoms with E-state index in [1.165, 1.54) is 43.4 Å². The smallest absolute Gasteiger partial charge is 0.165 e. The van der Waals surface area contributed by atoms with E-state index in [9.17, 15) is 0 Å². The quantitative estimate of drug-likeness (QED) is 0.187. The van der Waals surface area contributed by atoms with Crippen LogP contribution in [-0.4, -0.2) is 19.1 Å². The summed E-state index contributed by atoms with van der Waals surface area (Å²) in [7, 11) is 0. The first-order valence-corrected chi connectivity index (χ1v) is 17.9. The largest absolute Gasteiger partial charge is 0.456 e. The van der Waals surface area contributed by atoms with Gasteiger partial charge in [0.15, 0.2) is 5.82 Å². The predicted molar refractivity (Wildman–Crippen MR) is 218 cm³/mol. The highest BCUT2D eigenvalue weighted by atomic mass is 16.3. The Balaban J connectivity index is 1.22. The average molecular weight is 677 g/mol. The van der Waals surface area contributed by atoms with Gasteiger partial charge in [-0.25, -0.2) is 9.97 Å². The molecule has 246 valence electrons. The molecule has 12 aromatic rings. The number of fused-ring (bicyclic) bond motifs is 12. The number of furan rings is 1. The van der Waals surface area contributed by atoms with Crippen LogP contribution < -0.4 is 0 Å². The van der Waals surface area contributed by atoms with Gasteiger partial charge < -0.3 is 8.98 Å². The summed E-state index contributed by atoms with van der Waals surface area (Å²) in [6.45, 7) is 0. The van der Waals surface area contributed by atoms with E-state index in [0.29, 0.717) is 0 Å². The van der Waals surface area contributed by atoms with E-state index in [0.717, 1.165) is 66.8 Å². The van der Waals surface area contributed by atoms with Crippen molar-refractivity contribution in [3.8, 4) is 22.8 Å². The fraction of sp³-hybridized carbons (Fsp3) is 0. The van der Waals surface area contributed by atoms with Crippen LogP contribution in [0, 0.1) is 0 Å². The van der Waals surface area contributed by atoms with Crippen molar-refractivity contribution in [3.63, 3.8) is 0 Å². The minimum Gasteiger partial charge on any atom is -0.456 e. The number of rotatable bonds is 3. The molecule has 0 aliphatic rings. The van der Waals surface area contributed by atoms with E-state index >= 15 is 0 Å². The van der Waals surface area contributed by atoms with Gasteiger partial charge in [-0.1, -0.05) is 103 Å². The van der Waals surface area contributed by atoms with Crippen LogP contribution in [0.15, 0.2) is 174 Å². The Kier molecular flexibility index (Phi) is 5.71. The third-order valence-corrected chi connectivity index (χ3v) is 10.9. The van der Waals surface area contributed by atoms with Crippen molar-refractivity contribution in [3.05, 3.63) is 170 Å². The fourth-order valence-corrected chi connectivity index (χ4v) is 8.56. The second kappa shape index (κ2) is 10.6. The molecule has 5 nitrogen and oxygen atoms in total. The summed E-state index contributed by atoms with van der Waals surface area (Å²) >= 11 is 0. The van der Waals surface area contributed by atoms with Crippen LogP contribution in [0.2, 0.25) is 0 Å². The predicted octanol–water partition coefficient (Wildman–Crippen LogP) is 12.5. The van der Waals surface area contributed by atoms with Crippen LogP contribution in [0.3, 0.4) is 0 Å². The SMILES string of the molecule is c1ccc2c(c1)ccc1c2c2ccc(-n3c4ccccc4c4ccccc43)cc2n1-c1nc2ccccc2nc1-c1ccc2oc3ccccc3c2c1. The maximum absolute atomic E-state index is 6.24. The van der Waals surface area contributed by atoms with E-state index in [1.54, 1.807) is 0 Å². The summed E-state index contributed by atoms with van der Waals surface area (Å²) in [5, 5.41) is 9.38. The zero-order valence-electron chi connectivity index (χ0n) is 28.4. The molecule has 8 aromatic carbocycles. The summed E-state index contributed by atoms with van der Waals surface area (Å²) in [5.41, 5.74) is 10.8.